The van der Waals surface area contributed by atoms with Gasteiger partial charge in [-0.05, 0) is 18.2 Å². The molecular weight excluding hydrogens is 200 g/mol. The number of carbonyl (C=O) groups excluding carboxylic acids is 1. The van der Waals surface area contributed by atoms with Crippen LogP contribution in [0.5, 0.6) is 0 Å². The van der Waals surface area contributed by atoms with E-state index in [-0.39, 0.29) is 0 Å². The van der Waals surface area contributed by atoms with Crippen LogP contribution in [0.2, 0.25) is 0 Å². The zero-order valence-electron chi connectivity index (χ0n) is 7.79. The van der Waals surface area contributed by atoms with Crippen LogP contribution in [0.4, 0.5) is 0 Å². The van der Waals surface area contributed by atoms with Crippen molar-refractivity contribution in [2.45, 2.75) is 31.1 Å². The van der Waals surface area contributed by atoms with Crippen LogP contribution in [-0.4, -0.2) is 12.0 Å². The number of thiophene rings is 1. The second-order valence-electron chi connectivity index (χ2n) is 2.86. The van der Waals surface area contributed by atoms with Gasteiger partial charge in [-0.2, -0.15) is 0 Å². The fourth-order valence-electron chi connectivity index (χ4n) is 1.01. The highest BCUT2D eigenvalue weighted by molar-refractivity contribution is 7.99. The Bertz CT molecular complexity index is 255. The number of carbonyl (C=O) groups is 1. The molecule has 0 fully saturated rings. The third kappa shape index (κ3) is 3.96. The number of hydrogen-bond acceptors (Lipinski definition) is 3. The van der Waals surface area contributed by atoms with Crippen molar-refractivity contribution >= 4 is 29.4 Å². The maximum Gasteiger partial charge on any atom is 0.160 e. The monoisotopic (exact) mass is 214 g/mol. The summed E-state index contributed by atoms with van der Waals surface area (Å²) < 4.78 is 0. The van der Waals surface area contributed by atoms with Gasteiger partial charge in [-0.1, -0.05) is 19.8 Å². The number of hydrogen-bond donors (Lipinski definition) is 0. The van der Waals surface area contributed by atoms with Gasteiger partial charge in [0.15, 0.2) is 6.29 Å². The molecule has 1 rings (SSSR count). The van der Waals surface area contributed by atoms with Crippen LogP contribution in [-0.2, 0) is 0 Å². The Morgan fingerprint density at radius 3 is 3.00 bits per heavy atom. The average molecular weight is 214 g/mol. The van der Waals surface area contributed by atoms with Crippen molar-refractivity contribution < 1.29 is 4.79 Å². The molecule has 0 aliphatic carbocycles. The van der Waals surface area contributed by atoms with Gasteiger partial charge < -0.3 is 0 Å². The lowest BCUT2D eigenvalue weighted by Gasteiger charge is -1.96. The number of aldehydes is 1. The van der Waals surface area contributed by atoms with Crippen LogP contribution < -0.4 is 0 Å². The molecule has 1 nitrogen and oxygen atoms in total. The summed E-state index contributed by atoms with van der Waals surface area (Å²) in [5.74, 6) is 1.17. The Hall–Kier alpha value is -0.280. The maximum atomic E-state index is 10.4. The summed E-state index contributed by atoms with van der Waals surface area (Å²) in [7, 11) is 0. The van der Waals surface area contributed by atoms with Crippen molar-refractivity contribution in [1.29, 1.82) is 0 Å². The van der Waals surface area contributed by atoms with Gasteiger partial charge in [0, 0.05) is 10.3 Å². The third-order valence-electron chi connectivity index (χ3n) is 1.73. The van der Waals surface area contributed by atoms with E-state index in [1.54, 1.807) is 0 Å². The number of thioether (sulfide) groups is 1. The van der Waals surface area contributed by atoms with Gasteiger partial charge >= 0.3 is 0 Å². The Morgan fingerprint density at radius 1 is 1.54 bits per heavy atom. The topological polar surface area (TPSA) is 17.1 Å². The minimum atomic E-state index is 0.831. The van der Waals surface area contributed by atoms with E-state index >= 15 is 0 Å². The van der Waals surface area contributed by atoms with Crippen molar-refractivity contribution in [3.63, 3.8) is 0 Å². The third-order valence-corrected chi connectivity index (χ3v) is 3.80. The molecule has 0 saturated heterocycles. The molecule has 0 radical (unpaired) electrons. The van der Waals surface area contributed by atoms with E-state index < -0.39 is 0 Å². The van der Waals surface area contributed by atoms with E-state index in [0.717, 1.165) is 11.2 Å². The van der Waals surface area contributed by atoms with Gasteiger partial charge in [0.1, 0.15) is 0 Å². The molecule has 13 heavy (non-hydrogen) atoms. The number of unbranched alkanes of at least 4 members (excludes halogenated alkanes) is 2. The van der Waals surface area contributed by atoms with Crippen molar-refractivity contribution in [1.82, 2.24) is 0 Å². The second kappa shape index (κ2) is 6.22. The van der Waals surface area contributed by atoms with Crippen LogP contribution in [0.25, 0.3) is 0 Å². The van der Waals surface area contributed by atoms with Crippen molar-refractivity contribution in [2.75, 3.05) is 5.75 Å². The number of rotatable bonds is 6. The smallest absolute Gasteiger partial charge is 0.160 e. The summed E-state index contributed by atoms with van der Waals surface area (Å²) in [5, 5.41) is 2.06. The summed E-state index contributed by atoms with van der Waals surface area (Å²) in [5.41, 5.74) is 0. The molecule has 3 heteroatoms. The first-order valence-corrected chi connectivity index (χ1v) is 6.40. The predicted octanol–water partition coefficient (Wildman–Crippen LogP) is 3.84. The molecule has 1 aromatic rings. The zero-order chi connectivity index (χ0) is 9.52. The fourth-order valence-corrected chi connectivity index (χ4v) is 2.87. The van der Waals surface area contributed by atoms with E-state index in [1.165, 1.54) is 41.2 Å². The highest BCUT2D eigenvalue weighted by atomic mass is 32.2. The van der Waals surface area contributed by atoms with Crippen molar-refractivity contribution in [3.8, 4) is 0 Å². The molecule has 0 atom stereocenters. The van der Waals surface area contributed by atoms with E-state index in [0.29, 0.717) is 0 Å². The first-order valence-electron chi connectivity index (χ1n) is 4.53. The molecule has 0 unspecified atom stereocenters. The standard InChI is InChI=1S/C10H14OS2/c1-2-3-4-5-12-10-6-9(7-11)13-8-10/h6-8H,2-5H2,1H3. The van der Waals surface area contributed by atoms with Crippen LogP contribution in [0.3, 0.4) is 0 Å². The Kier molecular flexibility index (Phi) is 5.16. The molecule has 1 aromatic heterocycles. The van der Waals surface area contributed by atoms with E-state index in [9.17, 15) is 4.79 Å². The first-order chi connectivity index (χ1) is 6.36. The van der Waals surface area contributed by atoms with Crippen LogP contribution in [0.15, 0.2) is 16.3 Å². The van der Waals surface area contributed by atoms with Gasteiger partial charge in [0.05, 0.1) is 4.88 Å². The Morgan fingerprint density at radius 2 is 2.38 bits per heavy atom. The molecule has 0 saturated carbocycles. The summed E-state index contributed by atoms with van der Waals surface area (Å²) in [6, 6.07) is 1.97. The molecule has 0 spiro atoms. The van der Waals surface area contributed by atoms with E-state index in [1.807, 2.05) is 17.8 Å². The maximum absolute atomic E-state index is 10.4. The normalized spacial score (nSPS) is 10.2. The van der Waals surface area contributed by atoms with Gasteiger partial charge in [-0.15, -0.1) is 23.1 Å². The zero-order valence-corrected chi connectivity index (χ0v) is 9.42. The Labute approximate surface area is 87.5 Å². The highest BCUT2D eigenvalue weighted by Gasteiger charge is 1.98. The SMILES string of the molecule is CCCCCSc1csc(C=O)c1. The minimum absolute atomic E-state index is 0.831. The molecule has 0 N–H and O–H groups in total. The molecule has 0 aliphatic rings. The van der Waals surface area contributed by atoms with Gasteiger partial charge in [0.25, 0.3) is 0 Å². The first kappa shape index (κ1) is 10.8. The summed E-state index contributed by atoms with van der Waals surface area (Å²) in [6.45, 7) is 2.21. The lowest BCUT2D eigenvalue weighted by molar-refractivity contribution is 0.112. The Balaban J connectivity index is 2.24. The molecule has 0 bridgehead atoms. The second-order valence-corrected chi connectivity index (χ2v) is 4.97. The molecule has 0 amide bonds. The quantitative estimate of drug-likeness (QED) is 0.406. The molecule has 0 aromatic carbocycles. The molecule has 0 aliphatic heterocycles. The van der Waals surface area contributed by atoms with Crippen LogP contribution >= 0.6 is 23.1 Å². The van der Waals surface area contributed by atoms with Crippen LogP contribution in [0.1, 0.15) is 35.9 Å². The molecule has 72 valence electrons. The van der Waals surface area contributed by atoms with Gasteiger partial charge in [-0.25, -0.2) is 0 Å². The highest BCUT2D eigenvalue weighted by Crippen LogP contribution is 2.24. The summed E-state index contributed by atoms with van der Waals surface area (Å²) in [4.78, 5) is 12.5. The molecular formula is C10H14OS2. The fraction of sp³-hybridized carbons (Fsp3) is 0.500. The van der Waals surface area contributed by atoms with Crippen LogP contribution in [0, 0.1) is 0 Å². The average Bonchev–Trinajstić information content (AvgIpc) is 2.60. The van der Waals surface area contributed by atoms with E-state index in [2.05, 4.69) is 12.3 Å². The minimum Gasteiger partial charge on any atom is -0.297 e. The predicted molar refractivity (Wildman–Crippen MR) is 60.0 cm³/mol. The lowest BCUT2D eigenvalue weighted by Crippen LogP contribution is -1.77. The summed E-state index contributed by atoms with van der Waals surface area (Å²) in [6.07, 6.45) is 4.76. The van der Waals surface area contributed by atoms with Gasteiger partial charge in [0.2, 0.25) is 0 Å². The van der Waals surface area contributed by atoms with Crippen molar-refractivity contribution in [2.24, 2.45) is 0 Å². The van der Waals surface area contributed by atoms with Gasteiger partial charge in [-0.3, -0.25) is 4.79 Å². The summed E-state index contributed by atoms with van der Waals surface area (Å²) >= 11 is 3.37. The van der Waals surface area contributed by atoms with Crippen molar-refractivity contribution in [3.05, 3.63) is 16.3 Å². The molecule has 1 heterocycles. The largest absolute Gasteiger partial charge is 0.297 e. The van der Waals surface area contributed by atoms with E-state index in [4.69, 9.17) is 0 Å². The lowest BCUT2D eigenvalue weighted by atomic mass is 10.3.